The zero-order chi connectivity index (χ0) is 24.5. The summed E-state index contributed by atoms with van der Waals surface area (Å²) in [6.45, 7) is -0.0792. The molecule has 0 aliphatic carbocycles. The molecular formula is C23H15F6N3OS. The number of hydrogen-bond donors (Lipinski definition) is 2. The maximum absolute atomic E-state index is 12.8. The van der Waals surface area contributed by atoms with Crippen molar-refractivity contribution >= 4 is 38.3 Å². The normalized spacial score (nSPS) is 12.1. The Balaban J connectivity index is 1.44. The van der Waals surface area contributed by atoms with Crippen LogP contribution in [-0.2, 0) is 18.9 Å². The third-order valence-corrected chi connectivity index (χ3v) is 5.76. The summed E-state index contributed by atoms with van der Waals surface area (Å²) in [5.41, 5.74) is 0.0516. The molecule has 4 nitrogen and oxygen atoms in total. The molecule has 0 fully saturated rings. The van der Waals surface area contributed by atoms with Crippen LogP contribution in [0.25, 0.3) is 10.2 Å². The second-order valence-electron chi connectivity index (χ2n) is 7.28. The Labute approximate surface area is 193 Å². The van der Waals surface area contributed by atoms with E-state index in [0.29, 0.717) is 32.2 Å². The van der Waals surface area contributed by atoms with Crippen molar-refractivity contribution in [1.82, 2.24) is 10.3 Å². The molecule has 0 aliphatic heterocycles. The van der Waals surface area contributed by atoms with Crippen molar-refractivity contribution in [1.29, 1.82) is 0 Å². The lowest BCUT2D eigenvalue weighted by atomic mass is 10.1. The molecule has 4 aromatic rings. The molecule has 1 aromatic heterocycles. The van der Waals surface area contributed by atoms with Crippen LogP contribution in [0.1, 0.15) is 27.0 Å². The van der Waals surface area contributed by atoms with Crippen LogP contribution in [0.4, 0.5) is 37.2 Å². The molecule has 34 heavy (non-hydrogen) atoms. The maximum Gasteiger partial charge on any atom is 0.416 e. The minimum Gasteiger partial charge on any atom is -0.348 e. The van der Waals surface area contributed by atoms with Gasteiger partial charge >= 0.3 is 12.4 Å². The second kappa shape index (κ2) is 8.98. The lowest BCUT2D eigenvalue weighted by Crippen LogP contribution is -2.22. The van der Waals surface area contributed by atoms with Gasteiger partial charge in [-0.2, -0.15) is 26.3 Å². The van der Waals surface area contributed by atoms with Gasteiger partial charge in [0.05, 0.1) is 21.3 Å². The molecule has 0 unspecified atom stereocenters. The average Bonchev–Trinajstić information content (AvgIpc) is 3.18. The van der Waals surface area contributed by atoms with Crippen LogP contribution >= 0.6 is 11.3 Å². The summed E-state index contributed by atoms with van der Waals surface area (Å²) in [5.74, 6) is -0.468. The predicted octanol–water partition coefficient (Wildman–Crippen LogP) is 7.01. The minimum atomic E-state index is -4.47. The van der Waals surface area contributed by atoms with Crippen molar-refractivity contribution in [2.45, 2.75) is 18.9 Å². The first-order valence-corrected chi connectivity index (χ1v) is 10.6. The summed E-state index contributed by atoms with van der Waals surface area (Å²) in [7, 11) is 0. The Kier molecular flexibility index (Phi) is 6.22. The van der Waals surface area contributed by atoms with Crippen molar-refractivity contribution in [3.8, 4) is 0 Å². The van der Waals surface area contributed by atoms with Crippen LogP contribution in [0.15, 0.2) is 66.7 Å². The number of benzene rings is 3. The third kappa shape index (κ3) is 5.48. The van der Waals surface area contributed by atoms with Gasteiger partial charge in [-0.25, -0.2) is 4.98 Å². The SMILES string of the molecule is O=C(NCc1cccc(C(F)(F)F)c1)c1ccc2nc(Nc3ccc(C(F)(F)F)cc3)sc2c1. The molecule has 2 N–H and O–H groups in total. The van der Waals surface area contributed by atoms with Gasteiger partial charge in [0.15, 0.2) is 5.13 Å². The van der Waals surface area contributed by atoms with Gasteiger partial charge in [-0.15, -0.1) is 0 Å². The maximum atomic E-state index is 12.8. The molecule has 4 rings (SSSR count). The Morgan fingerprint density at radius 2 is 1.56 bits per heavy atom. The van der Waals surface area contributed by atoms with Crippen molar-refractivity contribution < 1.29 is 31.1 Å². The van der Waals surface area contributed by atoms with E-state index in [4.69, 9.17) is 0 Å². The van der Waals surface area contributed by atoms with E-state index in [-0.39, 0.29) is 6.54 Å². The fourth-order valence-electron chi connectivity index (χ4n) is 3.13. The van der Waals surface area contributed by atoms with Crippen LogP contribution in [0, 0.1) is 0 Å². The average molecular weight is 495 g/mol. The molecule has 176 valence electrons. The minimum absolute atomic E-state index is 0.0792. The van der Waals surface area contributed by atoms with Gasteiger partial charge in [-0.05, 0) is 60.2 Å². The van der Waals surface area contributed by atoms with E-state index in [1.165, 1.54) is 41.7 Å². The summed E-state index contributed by atoms with van der Waals surface area (Å²) >= 11 is 1.20. The number of fused-ring (bicyclic) bond motifs is 1. The molecule has 0 radical (unpaired) electrons. The third-order valence-electron chi connectivity index (χ3n) is 4.82. The van der Waals surface area contributed by atoms with Gasteiger partial charge in [0.1, 0.15) is 0 Å². The summed E-state index contributed by atoms with van der Waals surface area (Å²) in [4.78, 5) is 16.9. The highest BCUT2D eigenvalue weighted by Crippen LogP contribution is 2.33. The standard InChI is InChI=1S/C23H15F6N3OS/c24-22(25,26)15-5-7-17(8-6-15)31-21-32-18-9-4-14(11-19(18)34-21)20(33)30-12-13-2-1-3-16(10-13)23(27,28)29/h1-11H,12H2,(H,30,33)(H,31,32). The fraction of sp³-hybridized carbons (Fsp3) is 0.130. The first kappa shape index (κ1) is 23.6. The summed E-state index contributed by atoms with van der Waals surface area (Å²) in [6.07, 6.45) is -8.89. The number of alkyl halides is 6. The number of aromatic nitrogens is 1. The first-order chi connectivity index (χ1) is 16.0. The highest BCUT2D eigenvalue weighted by Gasteiger charge is 2.31. The monoisotopic (exact) mass is 495 g/mol. The van der Waals surface area contributed by atoms with Crippen LogP contribution in [0.2, 0.25) is 0 Å². The highest BCUT2D eigenvalue weighted by atomic mass is 32.1. The number of halogens is 6. The lowest BCUT2D eigenvalue weighted by Gasteiger charge is -2.09. The molecule has 0 spiro atoms. The molecule has 0 atom stereocenters. The van der Waals surface area contributed by atoms with E-state index in [9.17, 15) is 31.1 Å². The predicted molar refractivity (Wildman–Crippen MR) is 117 cm³/mol. The second-order valence-corrected chi connectivity index (χ2v) is 8.31. The van der Waals surface area contributed by atoms with Crippen molar-refractivity contribution in [3.05, 3.63) is 89.0 Å². The fourth-order valence-corrected chi connectivity index (χ4v) is 4.05. The van der Waals surface area contributed by atoms with Crippen LogP contribution in [0.5, 0.6) is 0 Å². The number of carbonyl (C=O) groups excluding carboxylic acids is 1. The van der Waals surface area contributed by atoms with E-state index in [1.54, 1.807) is 12.1 Å². The van der Waals surface area contributed by atoms with Crippen molar-refractivity contribution in [3.63, 3.8) is 0 Å². The number of carbonyl (C=O) groups is 1. The van der Waals surface area contributed by atoms with E-state index < -0.39 is 29.4 Å². The van der Waals surface area contributed by atoms with Gasteiger partial charge < -0.3 is 10.6 Å². The van der Waals surface area contributed by atoms with Crippen molar-refractivity contribution in [2.24, 2.45) is 0 Å². The topological polar surface area (TPSA) is 54.0 Å². The van der Waals surface area contributed by atoms with E-state index >= 15 is 0 Å². The van der Waals surface area contributed by atoms with Crippen LogP contribution in [0.3, 0.4) is 0 Å². The smallest absolute Gasteiger partial charge is 0.348 e. The molecule has 0 aliphatic rings. The summed E-state index contributed by atoms with van der Waals surface area (Å²) < 4.78 is 77.3. The van der Waals surface area contributed by atoms with Gasteiger partial charge in [0.2, 0.25) is 0 Å². The van der Waals surface area contributed by atoms with Gasteiger partial charge in [0.25, 0.3) is 5.91 Å². The number of thiazole rings is 1. The Morgan fingerprint density at radius 3 is 2.24 bits per heavy atom. The molecule has 11 heteroatoms. The van der Waals surface area contributed by atoms with Crippen molar-refractivity contribution in [2.75, 3.05) is 5.32 Å². The van der Waals surface area contributed by atoms with E-state index in [0.717, 1.165) is 24.3 Å². The first-order valence-electron chi connectivity index (χ1n) is 9.78. The molecule has 0 bridgehead atoms. The molecule has 3 aromatic carbocycles. The number of hydrogen-bond acceptors (Lipinski definition) is 4. The molecular weight excluding hydrogens is 480 g/mol. The Morgan fingerprint density at radius 1 is 0.853 bits per heavy atom. The van der Waals surface area contributed by atoms with Crippen LogP contribution < -0.4 is 10.6 Å². The number of nitrogens with one attached hydrogen (secondary N) is 2. The zero-order valence-corrected chi connectivity index (χ0v) is 17.9. The largest absolute Gasteiger partial charge is 0.416 e. The lowest BCUT2D eigenvalue weighted by molar-refractivity contribution is -0.138. The van der Waals surface area contributed by atoms with Gasteiger partial charge in [-0.1, -0.05) is 23.5 Å². The van der Waals surface area contributed by atoms with E-state index in [2.05, 4.69) is 15.6 Å². The molecule has 0 saturated carbocycles. The Bertz CT molecular complexity index is 1330. The number of anilines is 2. The van der Waals surface area contributed by atoms with Gasteiger partial charge in [-0.3, -0.25) is 4.79 Å². The van der Waals surface area contributed by atoms with Gasteiger partial charge in [0, 0.05) is 17.8 Å². The number of rotatable bonds is 5. The molecule has 1 heterocycles. The highest BCUT2D eigenvalue weighted by molar-refractivity contribution is 7.22. The zero-order valence-electron chi connectivity index (χ0n) is 17.1. The summed E-state index contributed by atoms with van der Waals surface area (Å²) in [5, 5.41) is 5.95. The molecule has 0 saturated heterocycles. The molecule has 1 amide bonds. The Hall–Kier alpha value is -3.60. The quantitative estimate of drug-likeness (QED) is 0.293. The number of nitrogens with zero attached hydrogens (tertiary/aromatic N) is 1. The van der Waals surface area contributed by atoms with Crippen LogP contribution in [-0.4, -0.2) is 10.9 Å². The summed E-state index contributed by atoms with van der Waals surface area (Å²) in [6, 6.07) is 13.9. The number of amides is 1. The van der Waals surface area contributed by atoms with E-state index in [1.807, 2.05) is 0 Å².